The summed E-state index contributed by atoms with van der Waals surface area (Å²) in [6.45, 7) is 2.19. The third kappa shape index (κ3) is 4.30. The molecule has 5 fully saturated rings. The average Bonchev–Trinajstić information content (AvgIpc) is 2.80. The zero-order valence-corrected chi connectivity index (χ0v) is 19.8. The van der Waals surface area contributed by atoms with Crippen LogP contribution in [-0.4, -0.2) is 37.0 Å². The van der Waals surface area contributed by atoms with Crippen LogP contribution in [-0.2, 0) is 4.79 Å². The SMILES string of the molecule is CN1CCC(Oc2cccc(-c3cccc(NC(=O)C45CC6CC(CC(C6)C4)C5)c3)c2)CC1. The van der Waals surface area contributed by atoms with E-state index in [1.165, 1.54) is 19.3 Å². The first-order chi connectivity index (χ1) is 16.0. The molecule has 0 unspecified atom stereocenters. The Hall–Kier alpha value is -2.33. The molecule has 0 spiro atoms. The van der Waals surface area contributed by atoms with Crippen molar-refractivity contribution < 1.29 is 9.53 Å². The predicted molar refractivity (Wildman–Crippen MR) is 132 cm³/mol. The maximum atomic E-state index is 13.5. The lowest BCUT2D eigenvalue weighted by molar-refractivity contribution is -0.140. The van der Waals surface area contributed by atoms with Gasteiger partial charge in [0.05, 0.1) is 5.41 Å². The normalized spacial score (nSPS) is 31.5. The third-order valence-corrected chi connectivity index (χ3v) is 8.78. The van der Waals surface area contributed by atoms with Gasteiger partial charge in [0.15, 0.2) is 0 Å². The van der Waals surface area contributed by atoms with Crippen LogP contribution < -0.4 is 10.1 Å². The monoisotopic (exact) mass is 444 g/mol. The fraction of sp³-hybridized carbons (Fsp3) is 0.552. The van der Waals surface area contributed by atoms with E-state index in [1.54, 1.807) is 0 Å². The first-order valence-corrected chi connectivity index (χ1v) is 12.9. The van der Waals surface area contributed by atoms with Crippen LogP contribution in [0.1, 0.15) is 51.4 Å². The highest BCUT2D eigenvalue weighted by Gasteiger charge is 2.54. The highest BCUT2D eigenvalue weighted by Crippen LogP contribution is 2.60. The van der Waals surface area contributed by atoms with Gasteiger partial charge in [-0.1, -0.05) is 24.3 Å². The predicted octanol–water partition coefficient (Wildman–Crippen LogP) is 5.98. The number of hydrogen-bond donors (Lipinski definition) is 1. The molecule has 4 bridgehead atoms. The topological polar surface area (TPSA) is 41.6 Å². The fourth-order valence-corrected chi connectivity index (χ4v) is 7.47. The smallest absolute Gasteiger partial charge is 0.230 e. The minimum Gasteiger partial charge on any atom is -0.490 e. The molecule has 2 aromatic carbocycles. The fourth-order valence-electron chi connectivity index (χ4n) is 7.47. The summed E-state index contributed by atoms with van der Waals surface area (Å²) in [6.07, 6.45) is 9.82. The van der Waals surface area contributed by atoms with E-state index in [1.807, 2.05) is 6.07 Å². The molecular weight excluding hydrogens is 408 g/mol. The molecule has 1 heterocycles. The van der Waals surface area contributed by atoms with Crippen LogP contribution in [0.5, 0.6) is 5.75 Å². The Labute approximate surface area is 197 Å². The van der Waals surface area contributed by atoms with E-state index in [0.717, 1.165) is 85.5 Å². The molecule has 5 aliphatic rings. The molecule has 1 N–H and O–H groups in total. The number of rotatable bonds is 5. The minimum absolute atomic E-state index is 0.118. The van der Waals surface area contributed by atoms with Gasteiger partial charge < -0.3 is 15.0 Å². The Morgan fingerprint density at radius 2 is 1.52 bits per heavy atom. The van der Waals surface area contributed by atoms with Crippen molar-refractivity contribution in [2.75, 3.05) is 25.5 Å². The van der Waals surface area contributed by atoms with Crippen molar-refractivity contribution in [2.24, 2.45) is 23.2 Å². The molecule has 2 aromatic rings. The van der Waals surface area contributed by atoms with Gasteiger partial charge in [-0.05, 0) is 112 Å². The summed E-state index contributed by atoms with van der Waals surface area (Å²) in [7, 11) is 2.17. The van der Waals surface area contributed by atoms with Crippen molar-refractivity contribution in [1.29, 1.82) is 0 Å². The number of benzene rings is 2. The van der Waals surface area contributed by atoms with Gasteiger partial charge in [-0.15, -0.1) is 0 Å². The van der Waals surface area contributed by atoms with E-state index in [2.05, 4.69) is 59.7 Å². The van der Waals surface area contributed by atoms with Gasteiger partial charge in [-0.25, -0.2) is 0 Å². The van der Waals surface area contributed by atoms with Crippen LogP contribution in [0, 0.1) is 23.2 Å². The van der Waals surface area contributed by atoms with Gasteiger partial charge in [-0.2, -0.15) is 0 Å². The van der Waals surface area contributed by atoms with Crippen molar-refractivity contribution in [3.63, 3.8) is 0 Å². The Kier molecular flexibility index (Phi) is 5.44. The number of likely N-dealkylation sites (tertiary alicyclic amines) is 1. The van der Waals surface area contributed by atoms with E-state index < -0.39 is 0 Å². The molecule has 4 aliphatic carbocycles. The van der Waals surface area contributed by atoms with Crippen molar-refractivity contribution in [1.82, 2.24) is 4.90 Å². The van der Waals surface area contributed by atoms with E-state index in [0.29, 0.717) is 6.10 Å². The summed E-state index contributed by atoms with van der Waals surface area (Å²) in [5.74, 6) is 3.53. The Morgan fingerprint density at radius 1 is 0.909 bits per heavy atom. The molecule has 174 valence electrons. The number of nitrogens with zero attached hydrogens (tertiary/aromatic N) is 1. The minimum atomic E-state index is -0.118. The molecule has 7 rings (SSSR count). The summed E-state index contributed by atoms with van der Waals surface area (Å²) in [6, 6.07) is 16.7. The van der Waals surface area contributed by atoms with E-state index in [-0.39, 0.29) is 11.3 Å². The number of ether oxygens (including phenoxy) is 1. The molecule has 4 saturated carbocycles. The quantitative estimate of drug-likeness (QED) is 0.617. The lowest BCUT2D eigenvalue weighted by Gasteiger charge is -2.55. The second-order valence-corrected chi connectivity index (χ2v) is 11.4. The number of piperidine rings is 1. The molecule has 0 aromatic heterocycles. The van der Waals surface area contributed by atoms with Gasteiger partial charge in [0.1, 0.15) is 11.9 Å². The molecule has 4 nitrogen and oxygen atoms in total. The van der Waals surface area contributed by atoms with Crippen LogP contribution in [0.15, 0.2) is 48.5 Å². The van der Waals surface area contributed by atoms with E-state index >= 15 is 0 Å². The number of amides is 1. The summed E-state index contributed by atoms with van der Waals surface area (Å²) in [5, 5.41) is 3.32. The molecule has 0 atom stereocenters. The number of hydrogen-bond acceptors (Lipinski definition) is 3. The Balaban J connectivity index is 1.16. The zero-order valence-electron chi connectivity index (χ0n) is 19.8. The lowest BCUT2D eigenvalue weighted by atomic mass is 9.49. The van der Waals surface area contributed by atoms with Crippen molar-refractivity contribution in [2.45, 2.75) is 57.5 Å². The highest BCUT2D eigenvalue weighted by atomic mass is 16.5. The summed E-state index contributed by atoms with van der Waals surface area (Å²) >= 11 is 0. The van der Waals surface area contributed by atoms with Crippen LogP contribution >= 0.6 is 0 Å². The summed E-state index contributed by atoms with van der Waals surface area (Å²) < 4.78 is 6.30. The van der Waals surface area contributed by atoms with Crippen molar-refractivity contribution in [3.8, 4) is 16.9 Å². The summed E-state index contributed by atoms with van der Waals surface area (Å²) in [4.78, 5) is 15.8. The van der Waals surface area contributed by atoms with Gasteiger partial charge in [0.25, 0.3) is 0 Å². The standard InChI is InChI=1S/C29H36N2O2/c1-31-10-8-26(9-11-31)33-27-7-3-5-24(16-27)23-4-2-6-25(15-23)30-28(32)29-17-20-12-21(18-29)14-22(13-20)19-29/h2-7,15-16,20-22,26H,8-14,17-19H2,1H3,(H,30,32). The highest BCUT2D eigenvalue weighted by molar-refractivity contribution is 5.96. The number of nitrogens with one attached hydrogen (secondary N) is 1. The second kappa shape index (κ2) is 8.47. The average molecular weight is 445 g/mol. The van der Waals surface area contributed by atoms with Crippen molar-refractivity contribution >= 4 is 11.6 Å². The molecular formula is C29H36N2O2. The zero-order chi connectivity index (χ0) is 22.4. The number of carbonyl (C=O) groups excluding carboxylic acids is 1. The first-order valence-electron chi connectivity index (χ1n) is 12.9. The van der Waals surface area contributed by atoms with Crippen LogP contribution in [0.25, 0.3) is 11.1 Å². The lowest BCUT2D eigenvalue weighted by Crippen LogP contribution is -2.51. The van der Waals surface area contributed by atoms with E-state index in [9.17, 15) is 4.79 Å². The maximum Gasteiger partial charge on any atom is 0.230 e. The van der Waals surface area contributed by atoms with Crippen LogP contribution in [0.3, 0.4) is 0 Å². The van der Waals surface area contributed by atoms with Gasteiger partial charge in [0.2, 0.25) is 5.91 Å². The number of carbonyl (C=O) groups is 1. The maximum absolute atomic E-state index is 13.5. The number of anilines is 1. The Morgan fingerprint density at radius 3 is 2.18 bits per heavy atom. The second-order valence-electron chi connectivity index (χ2n) is 11.4. The van der Waals surface area contributed by atoms with Crippen LogP contribution in [0.2, 0.25) is 0 Å². The molecule has 1 saturated heterocycles. The van der Waals surface area contributed by atoms with Gasteiger partial charge in [-0.3, -0.25) is 4.79 Å². The van der Waals surface area contributed by atoms with Crippen molar-refractivity contribution in [3.05, 3.63) is 48.5 Å². The third-order valence-electron chi connectivity index (χ3n) is 8.78. The van der Waals surface area contributed by atoms with Gasteiger partial charge >= 0.3 is 0 Å². The molecule has 0 radical (unpaired) electrons. The van der Waals surface area contributed by atoms with E-state index in [4.69, 9.17) is 4.74 Å². The van der Waals surface area contributed by atoms with Crippen LogP contribution in [0.4, 0.5) is 5.69 Å². The largest absolute Gasteiger partial charge is 0.490 e. The molecule has 1 aliphatic heterocycles. The molecule has 33 heavy (non-hydrogen) atoms. The summed E-state index contributed by atoms with van der Waals surface area (Å²) in [5.41, 5.74) is 3.04. The Bertz CT molecular complexity index is 989. The molecule has 1 amide bonds. The van der Waals surface area contributed by atoms with Gasteiger partial charge in [0, 0.05) is 18.8 Å². The first kappa shape index (κ1) is 21.2. The molecule has 4 heteroatoms.